The molecule has 1 N–H and O–H groups in total. The summed E-state index contributed by atoms with van der Waals surface area (Å²) in [5.74, 6) is 2.06. The van der Waals surface area contributed by atoms with Gasteiger partial charge in [-0.1, -0.05) is 41.4 Å². The highest BCUT2D eigenvalue weighted by Gasteiger charge is 2.25. The van der Waals surface area contributed by atoms with Gasteiger partial charge in [0.25, 0.3) is 5.91 Å². The Morgan fingerprint density at radius 2 is 1.96 bits per heavy atom. The van der Waals surface area contributed by atoms with E-state index in [-0.39, 0.29) is 5.91 Å². The number of amides is 1. The van der Waals surface area contributed by atoms with Crippen LogP contribution in [0.4, 0.5) is 5.82 Å². The van der Waals surface area contributed by atoms with Crippen molar-refractivity contribution in [2.75, 3.05) is 5.32 Å². The number of carbonyl (C=O) groups is 1. The number of thioether (sulfide) groups is 1. The van der Waals surface area contributed by atoms with E-state index in [1.807, 2.05) is 18.2 Å². The van der Waals surface area contributed by atoms with Gasteiger partial charge in [0.2, 0.25) is 0 Å². The number of fused-ring (bicyclic) bond motifs is 1. The minimum absolute atomic E-state index is 0.256. The molecule has 3 aromatic rings. The van der Waals surface area contributed by atoms with Gasteiger partial charge in [-0.25, -0.2) is 4.68 Å². The van der Waals surface area contributed by atoms with Crippen LogP contribution < -0.4 is 5.32 Å². The van der Waals surface area contributed by atoms with Crippen molar-refractivity contribution in [2.45, 2.75) is 11.5 Å². The maximum atomic E-state index is 12.7. The smallest absolute Gasteiger partial charge is 0.258 e. The summed E-state index contributed by atoms with van der Waals surface area (Å²) in [6.07, 6.45) is 0. The van der Waals surface area contributed by atoms with E-state index in [0.29, 0.717) is 21.4 Å². The minimum Gasteiger partial charge on any atom is -0.306 e. The number of aromatic nitrogens is 2. The lowest BCUT2D eigenvalue weighted by atomic mass is 10.2. The number of rotatable bonds is 3. The first-order chi connectivity index (χ1) is 12.1. The molecule has 7 heteroatoms. The Kier molecular flexibility index (Phi) is 4.46. The summed E-state index contributed by atoms with van der Waals surface area (Å²) in [6, 6.07) is 14.4. The molecular weight excluding hydrogens is 377 g/mol. The molecule has 0 unspecified atom stereocenters. The Bertz CT molecular complexity index is 971. The van der Waals surface area contributed by atoms with Gasteiger partial charge in [0.15, 0.2) is 0 Å². The second-order valence-corrected chi connectivity index (χ2v) is 7.42. The maximum absolute atomic E-state index is 12.7. The molecule has 1 aliphatic heterocycles. The first-order valence-corrected chi connectivity index (χ1v) is 9.55. The van der Waals surface area contributed by atoms with Gasteiger partial charge in [-0.3, -0.25) is 4.79 Å². The fourth-order valence-corrected chi connectivity index (χ4v) is 4.20. The molecule has 1 aromatic heterocycles. The molecule has 0 aliphatic carbocycles. The second kappa shape index (κ2) is 6.75. The van der Waals surface area contributed by atoms with Crippen molar-refractivity contribution in [3.05, 3.63) is 75.4 Å². The van der Waals surface area contributed by atoms with Gasteiger partial charge < -0.3 is 5.32 Å². The molecule has 0 fully saturated rings. The number of carbonyl (C=O) groups excluding carboxylic acids is 1. The molecule has 0 saturated carbocycles. The SMILES string of the molecule is O=C(Nc1c2c(nn1-c1cccc(Cl)c1)CSC2)c1ccccc1Cl. The first-order valence-electron chi connectivity index (χ1n) is 7.64. The van der Waals surface area contributed by atoms with Crippen LogP contribution in [0, 0.1) is 0 Å². The fraction of sp³-hybridized carbons (Fsp3) is 0.111. The van der Waals surface area contributed by atoms with Crippen LogP contribution in [0.3, 0.4) is 0 Å². The van der Waals surface area contributed by atoms with Gasteiger partial charge in [0.1, 0.15) is 5.82 Å². The maximum Gasteiger partial charge on any atom is 0.258 e. The van der Waals surface area contributed by atoms with Crippen molar-refractivity contribution in [3.63, 3.8) is 0 Å². The summed E-state index contributed by atoms with van der Waals surface area (Å²) in [4.78, 5) is 12.7. The molecule has 25 heavy (non-hydrogen) atoms. The summed E-state index contributed by atoms with van der Waals surface area (Å²) in [5, 5.41) is 8.68. The quantitative estimate of drug-likeness (QED) is 0.671. The van der Waals surface area contributed by atoms with Gasteiger partial charge in [-0.05, 0) is 30.3 Å². The summed E-state index contributed by atoms with van der Waals surface area (Å²) in [6.45, 7) is 0. The number of nitrogens with one attached hydrogen (secondary N) is 1. The lowest BCUT2D eigenvalue weighted by Crippen LogP contribution is -2.16. The summed E-state index contributed by atoms with van der Waals surface area (Å²) in [7, 11) is 0. The fourth-order valence-electron chi connectivity index (χ4n) is 2.76. The molecule has 1 amide bonds. The minimum atomic E-state index is -0.256. The van der Waals surface area contributed by atoms with Crippen LogP contribution in [0.25, 0.3) is 5.69 Å². The van der Waals surface area contributed by atoms with Crippen molar-refractivity contribution in [1.82, 2.24) is 9.78 Å². The van der Waals surface area contributed by atoms with Gasteiger partial charge in [0.05, 0.1) is 22.0 Å². The van der Waals surface area contributed by atoms with Crippen molar-refractivity contribution < 1.29 is 4.79 Å². The number of nitrogens with zero attached hydrogens (tertiary/aromatic N) is 2. The molecule has 0 saturated heterocycles. The Labute approximate surface area is 159 Å². The largest absolute Gasteiger partial charge is 0.306 e. The van der Waals surface area contributed by atoms with Crippen LogP contribution in [-0.2, 0) is 11.5 Å². The van der Waals surface area contributed by atoms with Crippen LogP contribution in [0.2, 0.25) is 10.0 Å². The monoisotopic (exact) mass is 389 g/mol. The number of benzene rings is 2. The average molecular weight is 390 g/mol. The molecule has 0 spiro atoms. The van der Waals surface area contributed by atoms with Crippen LogP contribution >= 0.6 is 35.0 Å². The topological polar surface area (TPSA) is 46.9 Å². The van der Waals surface area contributed by atoms with Gasteiger partial charge >= 0.3 is 0 Å². The van der Waals surface area contributed by atoms with Crippen molar-refractivity contribution >= 4 is 46.7 Å². The van der Waals surface area contributed by atoms with Crippen molar-refractivity contribution in [3.8, 4) is 5.69 Å². The average Bonchev–Trinajstić information content (AvgIpc) is 3.18. The van der Waals surface area contributed by atoms with E-state index in [4.69, 9.17) is 23.2 Å². The van der Waals surface area contributed by atoms with Crippen molar-refractivity contribution in [2.24, 2.45) is 0 Å². The van der Waals surface area contributed by atoms with Crippen LogP contribution in [-0.4, -0.2) is 15.7 Å². The van der Waals surface area contributed by atoms with E-state index in [2.05, 4.69) is 10.4 Å². The third-order valence-electron chi connectivity index (χ3n) is 3.96. The zero-order chi connectivity index (χ0) is 17.4. The van der Waals surface area contributed by atoms with Crippen LogP contribution in [0.5, 0.6) is 0 Å². The predicted molar refractivity (Wildman–Crippen MR) is 103 cm³/mol. The van der Waals surface area contributed by atoms with E-state index in [9.17, 15) is 4.79 Å². The number of hydrogen-bond donors (Lipinski definition) is 1. The van der Waals surface area contributed by atoms with E-state index < -0.39 is 0 Å². The molecule has 0 bridgehead atoms. The Morgan fingerprint density at radius 3 is 2.76 bits per heavy atom. The van der Waals surface area contributed by atoms with Gasteiger partial charge in [0, 0.05) is 22.1 Å². The molecule has 1 aliphatic rings. The van der Waals surface area contributed by atoms with Gasteiger partial charge in [-0.2, -0.15) is 16.9 Å². The van der Waals surface area contributed by atoms with Crippen LogP contribution in [0.1, 0.15) is 21.6 Å². The Balaban J connectivity index is 1.76. The first kappa shape index (κ1) is 16.5. The second-order valence-electron chi connectivity index (χ2n) is 5.59. The van der Waals surface area contributed by atoms with Gasteiger partial charge in [-0.15, -0.1) is 0 Å². The highest BCUT2D eigenvalue weighted by atomic mass is 35.5. The molecular formula is C18H13Cl2N3OS. The van der Waals surface area contributed by atoms with E-state index in [1.54, 1.807) is 46.8 Å². The number of halogens is 2. The molecule has 126 valence electrons. The lowest BCUT2D eigenvalue weighted by molar-refractivity contribution is 0.102. The predicted octanol–water partition coefficient (Wildman–Crippen LogP) is 5.18. The van der Waals surface area contributed by atoms with E-state index in [1.165, 1.54) is 0 Å². The molecule has 2 heterocycles. The summed E-state index contributed by atoms with van der Waals surface area (Å²) in [5.41, 5.74) is 3.27. The summed E-state index contributed by atoms with van der Waals surface area (Å²) >= 11 is 14.0. The van der Waals surface area contributed by atoms with Crippen molar-refractivity contribution in [1.29, 1.82) is 0 Å². The molecule has 0 atom stereocenters. The molecule has 4 rings (SSSR count). The standard InChI is InChI=1S/C18H13Cl2N3OS/c19-11-4-3-5-12(8-11)23-17(14-9-25-10-16(14)22-23)21-18(24)13-6-1-2-7-15(13)20/h1-8H,9-10H2,(H,21,24). The third kappa shape index (κ3) is 3.15. The highest BCUT2D eigenvalue weighted by molar-refractivity contribution is 7.98. The number of hydrogen-bond acceptors (Lipinski definition) is 3. The van der Waals surface area contributed by atoms with Crippen LogP contribution in [0.15, 0.2) is 48.5 Å². The van der Waals surface area contributed by atoms with E-state index in [0.717, 1.165) is 28.5 Å². The third-order valence-corrected chi connectivity index (χ3v) is 5.49. The summed E-state index contributed by atoms with van der Waals surface area (Å²) < 4.78 is 1.74. The zero-order valence-electron chi connectivity index (χ0n) is 13.0. The Morgan fingerprint density at radius 1 is 1.12 bits per heavy atom. The molecule has 4 nitrogen and oxygen atoms in total. The molecule has 0 radical (unpaired) electrons. The molecule has 2 aromatic carbocycles. The van der Waals surface area contributed by atoms with E-state index >= 15 is 0 Å². The zero-order valence-corrected chi connectivity index (χ0v) is 15.3. The lowest BCUT2D eigenvalue weighted by Gasteiger charge is -2.12. The Hall–Kier alpha value is -1.95. The highest BCUT2D eigenvalue weighted by Crippen LogP contribution is 2.36. The normalized spacial score (nSPS) is 12.9. The number of anilines is 1.